The van der Waals surface area contributed by atoms with Crippen molar-refractivity contribution in [2.75, 3.05) is 13.6 Å². The van der Waals surface area contributed by atoms with E-state index in [9.17, 15) is 9.90 Å². The fourth-order valence-electron chi connectivity index (χ4n) is 2.71. The number of nitrogens with one attached hydrogen (secondary N) is 1. The van der Waals surface area contributed by atoms with Gasteiger partial charge in [0.1, 0.15) is 5.54 Å². The Bertz CT molecular complexity index is 323. The maximum atomic E-state index is 11.7. The molecule has 0 fully saturated rings. The molecule has 0 aromatic carbocycles. The zero-order valence-electron chi connectivity index (χ0n) is 15.3. The SMILES string of the molecule is CCC(CCCN(C)C(C)C(C)(C)C)(NC(C)C)C(=O)O. The summed E-state index contributed by atoms with van der Waals surface area (Å²) in [7, 11) is 2.13. The van der Waals surface area contributed by atoms with Gasteiger partial charge in [-0.1, -0.05) is 27.7 Å². The number of carbonyl (C=O) groups is 1. The molecule has 0 spiro atoms. The summed E-state index contributed by atoms with van der Waals surface area (Å²) in [4.78, 5) is 14.0. The van der Waals surface area contributed by atoms with E-state index in [1.165, 1.54) is 0 Å². The van der Waals surface area contributed by atoms with Gasteiger partial charge >= 0.3 is 5.97 Å². The lowest BCUT2D eigenvalue weighted by atomic mass is 9.86. The van der Waals surface area contributed by atoms with E-state index in [4.69, 9.17) is 0 Å². The molecule has 21 heavy (non-hydrogen) atoms. The topological polar surface area (TPSA) is 52.6 Å². The number of nitrogens with zero attached hydrogens (tertiary/aromatic N) is 1. The Morgan fingerprint density at radius 2 is 1.76 bits per heavy atom. The summed E-state index contributed by atoms with van der Waals surface area (Å²) in [5, 5.41) is 12.9. The number of carboxylic acid groups (broad SMARTS) is 1. The van der Waals surface area contributed by atoms with Crippen molar-refractivity contribution in [3.63, 3.8) is 0 Å². The average Bonchev–Trinajstić information content (AvgIpc) is 2.34. The molecule has 0 aromatic rings. The largest absolute Gasteiger partial charge is 0.480 e. The molecule has 0 aliphatic heterocycles. The first-order valence-electron chi connectivity index (χ1n) is 8.17. The van der Waals surface area contributed by atoms with Crippen LogP contribution in [0.25, 0.3) is 0 Å². The number of hydrogen-bond donors (Lipinski definition) is 2. The monoisotopic (exact) mass is 300 g/mol. The van der Waals surface area contributed by atoms with Crippen molar-refractivity contribution in [1.29, 1.82) is 0 Å². The first-order valence-corrected chi connectivity index (χ1v) is 8.17. The molecule has 2 N–H and O–H groups in total. The lowest BCUT2D eigenvalue weighted by molar-refractivity contribution is -0.146. The third-order valence-electron chi connectivity index (χ3n) is 4.61. The molecular weight excluding hydrogens is 264 g/mol. The molecule has 0 amide bonds. The molecule has 2 unspecified atom stereocenters. The molecule has 0 saturated carbocycles. The van der Waals surface area contributed by atoms with E-state index in [1.807, 2.05) is 20.8 Å². The molecule has 0 saturated heterocycles. The van der Waals surface area contributed by atoms with Gasteiger partial charge in [0, 0.05) is 12.1 Å². The van der Waals surface area contributed by atoms with Crippen molar-refractivity contribution >= 4 is 5.97 Å². The van der Waals surface area contributed by atoms with E-state index in [1.54, 1.807) is 0 Å². The van der Waals surface area contributed by atoms with Crippen LogP contribution in [0, 0.1) is 5.41 Å². The lowest BCUT2D eigenvalue weighted by Gasteiger charge is -2.37. The van der Waals surface area contributed by atoms with Gasteiger partial charge in [-0.25, -0.2) is 0 Å². The second-order valence-electron chi connectivity index (χ2n) is 7.67. The number of aliphatic carboxylic acids is 1. The van der Waals surface area contributed by atoms with Crippen LogP contribution in [0.5, 0.6) is 0 Å². The average molecular weight is 300 g/mol. The van der Waals surface area contributed by atoms with Gasteiger partial charge < -0.3 is 10.0 Å². The smallest absolute Gasteiger partial charge is 0.323 e. The summed E-state index contributed by atoms with van der Waals surface area (Å²) in [6.45, 7) is 15.8. The summed E-state index contributed by atoms with van der Waals surface area (Å²) in [6, 6.07) is 0.642. The lowest BCUT2D eigenvalue weighted by Crippen LogP contribution is -2.54. The zero-order chi connectivity index (χ0) is 16.8. The standard InChI is InChI=1S/C17H36N2O2/c1-9-17(15(20)21,18-13(2)3)11-10-12-19(8)14(4)16(5,6)7/h13-14,18H,9-12H2,1-8H3,(H,20,21). The molecule has 2 atom stereocenters. The first kappa shape index (κ1) is 20.4. The molecule has 4 nitrogen and oxygen atoms in total. The van der Waals surface area contributed by atoms with Crippen LogP contribution in [0.3, 0.4) is 0 Å². The highest BCUT2D eigenvalue weighted by Gasteiger charge is 2.36. The van der Waals surface area contributed by atoms with E-state index in [0.29, 0.717) is 18.9 Å². The molecule has 0 aromatic heterocycles. The van der Waals surface area contributed by atoms with Gasteiger partial charge in [0.2, 0.25) is 0 Å². The second-order valence-corrected chi connectivity index (χ2v) is 7.67. The number of hydrogen-bond acceptors (Lipinski definition) is 3. The molecule has 0 radical (unpaired) electrons. The van der Waals surface area contributed by atoms with Crippen LogP contribution in [0.4, 0.5) is 0 Å². The minimum absolute atomic E-state index is 0.173. The molecule has 126 valence electrons. The van der Waals surface area contributed by atoms with Gasteiger partial charge in [0.25, 0.3) is 0 Å². The minimum atomic E-state index is -0.792. The minimum Gasteiger partial charge on any atom is -0.480 e. The highest BCUT2D eigenvalue weighted by atomic mass is 16.4. The summed E-state index contributed by atoms with van der Waals surface area (Å²) in [5.74, 6) is -0.731. The van der Waals surface area contributed by atoms with Crippen molar-refractivity contribution in [3.05, 3.63) is 0 Å². The summed E-state index contributed by atoms with van der Waals surface area (Å²) in [6.07, 6.45) is 2.16. The van der Waals surface area contributed by atoms with Gasteiger partial charge in [0.15, 0.2) is 0 Å². The maximum Gasteiger partial charge on any atom is 0.323 e. The Kier molecular flexibility index (Phi) is 7.90. The Morgan fingerprint density at radius 1 is 1.24 bits per heavy atom. The Balaban J connectivity index is 4.61. The zero-order valence-corrected chi connectivity index (χ0v) is 15.3. The van der Waals surface area contributed by atoms with Crippen LogP contribution in [0.2, 0.25) is 0 Å². The van der Waals surface area contributed by atoms with Gasteiger partial charge in [-0.2, -0.15) is 0 Å². The van der Waals surface area contributed by atoms with Gasteiger partial charge in [-0.15, -0.1) is 0 Å². The van der Waals surface area contributed by atoms with Crippen molar-refractivity contribution in [2.24, 2.45) is 5.41 Å². The van der Waals surface area contributed by atoms with Crippen molar-refractivity contribution in [3.8, 4) is 0 Å². The molecule has 0 rings (SSSR count). The van der Waals surface area contributed by atoms with E-state index in [0.717, 1.165) is 13.0 Å². The van der Waals surface area contributed by atoms with Crippen LogP contribution in [0.1, 0.15) is 67.7 Å². The fourth-order valence-corrected chi connectivity index (χ4v) is 2.71. The van der Waals surface area contributed by atoms with Crippen molar-refractivity contribution in [2.45, 2.75) is 85.4 Å². The highest BCUT2D eigenvalue weighted by Crippen LogP contribution is 2.24. The predicted molar refractivity (Wildman–Crippen MR) is 89.7 cm³/mol. The molecule has 0 aliphatic carbocycles. The molecular formula is C17H36N2O2. The van der Waals surface area contributed by atoms with Crippen LogP contribution >= 0.6 is 0 Å². The quantitative estimate of drug-likeness (QED) is 0.685. The Labute approximate surface area is 131 Å². The molecule has 0 bridgehead atoms. The molecule has 4 heteroatoms. The third kappa shape index (κ3) is 6.35. The first-order chi connectivity index (χ1) is 9.46. The highest BCUT2D eigenvalue weighted by molar-refractivity contribution is 5.78. The van der Waals surface area contributed by atoms with E-state index >= 15 is 0 Å². The normalized spacial score (nSPS) is 17.0. The van der Waals surface area contributed by atoms with Crippen molar-refractivity contribution in [1.82, 2.24) is 10.2 Å². The molecule has 0 aliphatic rings. The summed E-state index contributed by atoms with van der Waals surface area (Å²) < 4.78 is 0. The second kappa shape index (κ2) is 8.14. The van der Waals surface area contributed by atoms with Crippen LogP contribution < -0.4 is 5.32 Å². The fraction of sp³-hybridized carbons (Fsp3) is 0.941. The Hall–Kier alpha value is -0.610. The van der Waals surface area contributed by atoms with Crippen LogP contribution in [-0.2, 0) is 4.79 Å². The van der Waals surface area contributed by atoms with Gasteiger partial charge in [0.05, 0.1) is 0 Å². The van der Waals surface area contributed by atoms with Gasteiger partial charge in [-0.3, -0.25) is 10.1 Å². The predicted octanol–water partition coefficient (Wildman–Crippen LogP) is 3.36. The van der Waals surface area contributed by atoms with Crippen molar-refractivity contribution < 1.29 is 9.90 Å². The Morgan fingerprint density at radius 3 is 2.10 bits per heavy atom. The third-order valence-corrected chi connectivity index (χ3v) is 4.61. The number of rotatable bonds is 9. The summed E-state index contributed by atoms with van der Waals surface area (Å²) >= 11 is 0. The van der Waals surface area contributed by atoms with Crippen LogP contribution in [-0.4, -0.2) is 47.2 Å². The van der Waals surface area contributed by atoms with E-state index in [-0.39, 0.29) is 11.5 Å². The number of carboxylic acids is 1. The van der Waals surface area contributed by atoms with E-state index < -0.39 is 11.5 Å². The maximum absolute atomic E-state index is 11.7. The molecule has 0 heterocycles. The van der Waals surface area contributed by atoms with Gasteiger partial charge in [-0.05, 0) is 59.0 Å². The van der Waals surface area contributed by atoms with E-state index in [2.05, 4.69) is 45.0 Å². The summed E-state index contributed by atoms with van der Waals surface area (Å²) in [5.41, 5.74) is -0.556. The van der Waals surface area contributed by atoms with Crippen LogP contribution in [0.15, 0.2) is 0 Å².